The van der Waals surface area contributed by atoms with Crippen molar-refractivity contribution in [1.29, 1.82) is 0 Å². The highest BCUT2D eigenvalue weighted by Crippen LogP contribution is 2.40. The first-order chi connectivity index (χ1) is 17.0. The molecule has 35 heavy (non-hydrogen) atoms. The van der Waals surface area contributed by atoms with Gasteiger partial charge in [0, 0.05) is 18.3 Å². The lowest BCUT2D eigenvalue weighted by atomic mass is 10.1. The molecule has 182 valence electrons. The molecule has 1 heterocycles. The van der Waals surface area contributed by atoms with Gasteiger partial charge in [-0.05, 0) is 63.2 Å². The van der Waals surface area contributed by atoms with Crippen molar-refractivity contribution in [2.24, 2.45) is 0 Å². The van der Waals surface area contributed by atoms with Crippen LogP contribution in [-0.4, -0.2) is 38.7 Å². The van der Waals surface area contributed by atoms with Crippen LogP contribution in [0, 0.1) is 0 Å². The Bertz CT molecular complexity index is 1230. The maximum absolute atomic E-state index is 13.2. The molecule has 0 aromatic heterocycles. The molecular weight excluding hydrogens is 448 g/mol. The summed E-state index contributed by atoms with van der Waals surface area (Å²) < 4.78 is 23.1. The van der Waals surface area contributed by atoms with Crippen molar-refractivity contribution in [1.82, 2.24) is 0 Å². The van der Waals surface area contributed by atoms with E-state index in [9.17, 15) is 9.59 Å². The highest BCUT2D eigenvalue weighted by molar-refractivity contribution is 6.11. The fourth-order valence-electron chi connectivity index (χ4n) is 3.82. The first-order valence-corrected chi connectivity index (χ1v) is 11.5. The average Bonchev–Trinajstić information content (AvgIpc) is 2.96. The molecule has 4 rings (SSSR count). The number of hydrogen-bond acceptors (Lipinski definition) is 6. The number of rotatable bonds is 8. The number of para-hydroxylation sites is 2. The molecule has 8 heteroatoms. The summed E-state index contributed by atoms with van der Waals surface area (Å²) in [6.45, 7) is 6.81. The van der Waals surface area contributed by atoms with E-state index in [0.717, 1.165) is 0 Å². The SMILES string of the molecule is CCOc1cc(C(=O)Nc2ccc3c(c2)C(=O)N(C)c2ccccc2O3)cc(OCC)c1OCC. The second-order valence-electron chi connectivity index (χ2n) is 7.70. The molecule has 1 aliphatic rings. The summed E-state index contributed by atoms with van der Waals surface area (Å²) in [5.74, 6) is 1.70. The minimum Gasteiger partial charge on any atom is -0.490 e. The highest BCUT2D eigenvalue weighted by Gasteiger charge is 2.26. The molecular formula is C27H28N2O6. The first kappa shape index (κ1) is 23.9. The standard InChI is InChI=1S/C27H28N2O6/c1-5-32-23-14-17(15-24(33-6-2)25(23)34-7-3)26(30)28-18-12-13-21-19(16-18)27(31)29(4)20-10-8-9-11-22(20)35-21/h8-16H,5-7H2,1-4H3,(H,28,30). The van der Waals surface area contributed by atoms with Crippen molar-refractivity contribution in [3.63, 3.8) is 0 Å². The minimum absolute atomic E-state index is 0.237. The van der Waals surface area contributed by atoms with Gasteiger partial charge in [0.25, 0.3) is 11.8 Å². The molecule has 2 amide bonds. The van der Waals surface area contributed by atoms with E-state index in [1.54, 1.807) is 37.4 Å². The summed E-state index contributed by atoms with van der Waals surface area (Å²) in [4.78, 5) is 27.8. The van der Waals surface area contributed by atoms with Gasteiger partial charge in [-0.25, -0.2) is 0 Å². The smallest absolute Gasteiger partial charge is 0.261 e. The number of ether oxygens (including phenoxy) is 4. The molecule has 0 unspecified atom stereocenters. The largest absolute Gasteiger partial charge is 0.490 e. The zero-order valence-corrected chi connectivity index (χ0v) is 20.2. The molecule has 0 fully saturated rings. The first-order valence-electron chi connectivity index (χ1n) is 11.5. The summed E-state index contributed by atoms with van der Waals surface area (Å²) in [7, 11) is 1.69. The Morgan fingerprint density at radius 3 is 2.20 bits per heavy atom. The van der Waals surface area contributed by atoms with Gasteiger partial charge < -0.3 is 29.2 Å². The number of hydrogen-bond donors (Lipinski definition) is 1. The number of amides is 2. The average molecular weight is 477 g/mol. The fraction of sp³-hybridized carbons (Fsp3) is 0.259. The van der Waals surface area contributed by atoms with E-state index in [4.69, 9.17) is 18.9 Å². The van der Waals surface area contributed by atoms with Crippen LogP contribution in [-0.2, 0) is 0 Å². The van der Waals surface area contributed by atoms with Crippen LogP contribution in [0.2, 0.25) is 0 Å². The lowest BCUT2D eigenvalue weighted by Gasteiger charge is -2.17. The molecule has 0 spiro atoms. The third-order valence-corrected chi connectivity index (χ3v) is 5.39. The Morgan fingerprint density at radius 2 is 1.54 bits per heavy atom. The van der Waals surface area contributed by atoms with Gasteiger partial charge in [0.15, 0.2) is 17.2 Å². The van der Waals surface area contributed by atoms with Gasteiger partial charge in [-0.3, -0.25) is 9.59 Å². The maximum atomic E-state index is 13.2. The molecule has 0 saturated carbocycles. The van der Waals surface area contributed by atoms with Crippen LogP contribution < -0.4 is 29.2 Å². The van der Waals surface area contributed by atoms with E-state index in [1.807, 2.05) is 45.0 Å². The zero-order valence-electron chi connectivity index (χ0n) is 20.2. The normalized spacial score (nSPS) is 12.1. The van der Waals surface area contributed by atoms with Gasteiger partial charge in [0.2, 0.25) is 5.75 Å². The monoisotopic (exact) mass is 476 g/mol. The fourth-order valence-corrected chi connectivity index (χ4v) is 3.82. The van der Waals surface area contributed by atoms with Gasteiger partial charge >= 0.3 is 0 Å². The van der Waals surface area contributed by atoms with Crippen LogP contribution in [0.25, 0.3) is 0 Å². The number of nitrogens with one attached hydrogen (secondary N) is 1. The Hall–Kier alpha value is -4.20. The molecule has 0 aliphatic carbocycles. The number of nitrogens with zero attached hydrogens (tertiary/aromatic N) is 1. The van der Waals surface area contributed by atoms with Gasteiger partial charge in [-0.15, -0.1) is 0 Å². The second kappa shape index (κ2) is 10.4. The molecule has 0 saturated heterocycles. The van der Waals surface area contributed by atoms with E-state index in [1.165, 1.54) is 4.90 Å². The number of anilines is 2. The van der Waals surface area contributed by atoms with Crippen molar-refractivity contribution in [3.05, 3.63) is 65.7 Å². The summed E-state index contributed by atoms with van der Waals surface area (Å²) in [6, 6.07) is 15.5. The third-order valence-electron chi connectivity index (χ3n) is 5.39. The minimum atomic E-state index is -0.381. The van der Waals surface area contributed by atoms with Crippen molar-refractivity contribution >= 4 is 23.2 Å². The summed E-state index contributed by atoms with van der Waals surface area (Å²) in [5, 5.41) is 2.86. The van der Waals surface area contributed by atoms with Crippen LogP contribution in [0.3, 0.4) is 0 Å². The number of carbonyl (C=O) groups is 2. The molecule has 1 aliphatic heterocycles. The number of benzene rings is 3. The summed E-state index contributed by atoms with van der Waals surface area (Å²) in [5.41, 5.74) is 1.80. The molecule has 0 atom stereocenters. The Morgan fingerprint density at radius 1 is 0.886 bits per heavy atom. The predicted molar refractivity (Wildman–Crippen MR) is 134 cm³/mol. The lowest BCUT2D eigenvalue weighted by molar-refractivity contribution is 0.0990. The summed E-state index contributed by atoms with van der Waals surface area (Å²) in [6.07, 6.45) is 0. The van der Waals surface area contributed by atoms with Crippen LogP contribution >= 0.6 is 0 Å². The van der Waals surface area contributed by atoms with Crippen LogP contribution in [0.1, 0.15) is 41.5 Å². The van der Waals surface area contributed by atoms with Crippen LogP contribution in [0.5, 0.6) is 28.7 Å². The van der Waals surface area contributed by atoms with E-state index < -0.39 is 0 Å². The summed E-state index contributed by atoms with van der Waals surface area (Å²) >= 11 is 0. The van der Waals surface area contributed by atoms with E-state index in [2.05, 4.69) is 5.32 Å². The Balaban J connectivity index is 1.64. The lowest BCUT2D eigenvalue weighted by Crippen LogP contribution is -2.25. The molecule has 0 radical (unpaired) electrons. The zero-order chi connectivity index (χ0) is 24.9. The highest BCUT2D eigenvalue weighted by atomic mass is 16.5. The Labute approximate surface area is 204 Å². The van der Waals surface area contributed by atoms with Gasteiger partial charge in [0.05, 0.1) is 31.1 Å². The molecule has 1 N–H and O–H groups in total. The van der Waals surface area contributed by atoms with Gasteiger partial charge in [-0.1, -0.05) is 12.1 Å². The molecule has 3 aromatic carbocycles. The van der Waals surface area contributed by atoms with Crippen molar-refractivity contribution in [2.45, 2.75) is 20.8 Å². The predicted octanol–water partition coefficient (Wildman–Crippen LogP) is 5.52. The van der Waals surface area contributed by atoms with E-state index in [-0.39, 0.29) is 11.8 Å². The molecule has 3 aromatic rings. The molecule has 0 bridgehead atoms. The van der Waals surface area contributed by atoms with Crippen molar-refractivity contribution in [2.75, 3.05) is 37.1 Å². The van der Waals surface area contributed by atoms with Crippen LogP contribution in [0.15, 0.2) is 54.6 Å². The van der Waals surface area contributed by atoms with Gasteiger partial charge in [-0.2, -0.15) is 0 Å². The maximum Gasteiger partial charge on any atom is 0.261 e. The van der Waals surface area contributed by atoms with Crippen molar-refractivity contribution in [3.8, 4) is 28.7 Å². The number of carbonyl (C=O) groups excluding carboxylic acids is 2. The van der Waals surface area contributed by atoms with E-state index >= 15 is 0 Å². The third kappa shape index (κ3) is 4.87. The van der Waals surface area contributed by atoms with Crippen molar-refractivity contribution < 1.29 is 28.5 Å². The topological polar surface area (TPSA) is 86.3 Å². The van der Waals surface area contributed by atoms with E-state index in [0.29, 0.717) is 71.1 Å². The second-order valence-corrected chi connectivity index (χ2v) is 7.70. The molecule has 8 nitrogen and oxygen atoms in total. The number of fused-ring (bicyclic) bond motifs is 2. The quantitative estimate of drug-likeness (QED) is 0.461. The van der Waals surface area contributed by atoms with Gasteiger partial charge in [0.1, 0.15) is 5.75 Å². The van der Waals surface area contributed by atoms with Crippen LogP contribution in [0.4, 0.5) is 11.4 Å². The Kier molecular flexibility index (Phi) is 7.10.